The van der Waals surface area contributed by atoms with Gasteiger partial charge in [-0.3, -0.25) is 0 Å². The Morgan fingerprint density at radius 2 is 2.29 bits per heavy atom. The second kappa shape index (κ2) is 6.48. The third kappa shape index (κ3) is 5.05. The van der Waals surface area contributed by atoms with Crippen LogP contribution in [0.25, 0.3) is 0 Å². The van der Waals surface area contributed by atoms with Crippen molar-refractivity contribution in [3.63, 3.8) is 0 Å². The first-order valence-corrected chi connectivity index (χ1v) is 8.63. The number of nitrogens with zero attached hydrogens (tertiary/aromatic N) is 1. The van der Waals surface area contributed by atoms with E-state index >= 15 is 0 Å². The fourth-order valence-electron chi connectivity index (χ4n) is 2.51. The quantitative estimate of drug-likeness (QED) is 0.823. The zero-order chi connectivity index (χ0) is 15.5. The minimum atomic E-state index is -3.48. The highest BCUT2D eigenvalue weighted by atomic mass is 32.2. The average molecular weight is 315 g/mol. The van der Waals surface area contributed by atoms with E-state index in [1.165, 1.54) is 0 Å². The van der Waals surface area contributed by atoms with Gasteiger partial charge in [0.15, 0.2) is 0 Å². The Morgan fingerprint density at radius 1 is 1.52 bits per heavy atom. The van der Waals surface area contributed by atoms with Crippen LogP contribution in [-0.2, 0) is 16.4 Å². The average Bonchev–Trinajstić information content (AvgIpc) is 2.96. The lowest BCUT2D eigenvalue weighted by Crippen LogP contribution is -2.39. The molecule has 0 aromatic carbocycles. The van der Waals surface area contributed by atoms with Crippen LogP contribution >= 0.6 is 0 Å². The van der Waals surface area contributed by atoms with Crippen molar-refractivity contribution < 1.29 is 17.6 Å². The number of carbonyl (C=O) groups is 1. The molecule has 1 aliphatic rings. The molecular weight excluding hydrogens is 294 g/mol. The van der Waals surface area contributed by atoms with Crippen molar-refractivity contribution in [2.24, 2.45) is 11.1 Å². The highest BCUT2D eigenvalue weighted by Crippen LogP contribution is 2.17. The number of carbonyl (C=O) groups excluding carboxylic acids is 1. The van der Waals surface area contributed by atoms with Crippen molar-refractivity contribution in [1.82, 2.24) is 10.2 Å². The molecule has 0 radical (unpaired) electrons. The Labute approximate surface area is 124 Å². The monoisotopic (exact) mass is 315 g/mol. The predicted molar refractivity (Wildman–Crippen MR) is 78.2 cm³/mol. The smallest absolute Gasteiger partial charge is 0.317 e. The van der Waals surface area contributed by atoms with Gasteiger partial charge in [-0.1, -0.05) is 0 Å². The predicted octanol–water partition coefficient (Wildman–Crippen LogP) is 0.451. The number of hydrogen-bond donors (Lipinski definition) is 2. The van der Waals surface area contributed by atoms with Gasteiger partial charge >= 0.3 is 6.03 Å². The molecule has 0 saturated carbocycles. The number of furan rings is 1. The number of hydrogen-bond acceptors (Lipinski definition) is 4. The number of urea groups is 1. The first-order chi connectivity index (χ1) is 9.83. The lowest BCUT2D eigenvalue weighted by Gasteiger charge is -2.17. The summed E-state index contributed by atoms with van der Waals surface area (Å²) in [6.07, 6.45) is 1.30. The maximum absolute atomic E-state index is 12.0. The van der Waals surface area contributed by atoms with Crippen LogP contribution in [0.4, 0.5) is 4.79 Å². The molecule has 0 unspecified atom stereocenters. The van der Waals surface area contributed by atoms with E-state index in [2.05, 4.69) is 5.32 Å². The molecule has 118 valence electrons. The largest absolute Gasteiger partial charge is 0.466 e. The normalized spacial score (nSPS) is 19.0. The van der Waals surface area contributed by atoms with Crippen molar-refractivity contribution >= 4 is 16.1 Å². The number of aryl methyl sites for hydroxylation is 1. The van der Waals surface area contributed by atoms with Crippen LogP contribution in [0.5, 0.6) is 0 Å². The van der Waals surface area contributed by atoms with Crippen LogP contribution < -0.4 is 10.5 Å². The molecule has 2 amide bonds. The van der Waals surface area contributed by atoms with Crippen LogP contribution in [0, 0.1) is 12.8 Å². The fraction of sp³-hybridized carbons (Fsp3) is 0.615. The summed E-state index contributed by atoms with van der Waals surface area (Å²) >= 11 is 0. The van der Waals surface area contributed by atoms with E-state index in [4.69, 9.17) is 9.56 Å². The number of sulfonamides is 1. The number of nitrogens with two attached hydrogens (primary N) is 1. The summed E-state index contributed by atoms with van der Waals surface area (Å²) in [6, 6.07) is 3.60. The van der Waals surface area contributed by atoms with Gasteiger partial charge in [-0.25, -0.2) is 18.4 Å². The summed E-state index contributed by atoms with van der Waals surface area (Å²) < 4.78 is 27.5. The first kappa shape index (κ1) is 15.8. The van der Waals surface area contributed by atoms with Gasteiger partial charge in [0, 0.05) is 26.1 Å². The first-order valence-electron chi connectivity index (χ1n) is 6.92. The summed E-state index contributed by atoms with van der Waals surface area (Å²) in [7, 11) is -3.48. The molecule has 2 rings (SSSR count). The second-order valence-corrected chi connectivity index (χ2v) is 7.08. The SMILES string of the molecule is Cc1ccc(CCNC(=O)N2CC[C@H](CS(N)(=O)=O)C2)o1. The van der Waals surface area contributed by atoms with E-state index in [0.717, 1.165) is 11.5 Å². The molecule has 21 heavy (non-hydrogen) atoms. The lowest BCUT2D eigenvalue weighted by atomic mass is 10.2. The third-order valence-electron chi connectivity index (χ3n) is 3.48. The Bertz CT molecular complexity index is 596. The minimum absolute atomic E-state index is 0.0670. The van der Waals surface area contributed by atoms with E-state index in [1.807, 2.05) is 19.1 Å². The summed E-state index contributed by atoms with van der Waals surface area (Å²) in [5, 5.41) is 7.84. The summed E-state index contributed by atoms with van der Waals surface area (Å²) in [5.41, 5.74) is 0. The van der Waals surface area contributed by atoms with Gasteiger partial charge < -0.3 is 14.6 Å². The number of primary sulfonamides is 1. The van der Waals surface area contributed by atoms with Crippen LogP contribution in [0.1, 0.15) is 17.9 Å². The van der Waals surface area contributed by atoms with Gasteiger partial charge in [-0.2, -0.15) is 0 Å². The van der Waals surface area contributed by atoms with Crippen molar-refractivity contribution in [1.29, 1.82) is 0 Å². The molecule has 1 atom stereocenters. The molecule has 0 spiro atoms. The lowest BCUT2D eigenvalue weighted by molar-refractivity contribution is 0.207. The summed E-state index contributed by atoms with van der Waals surface area (Å²) in [4.78, 5) is 13.6. The van der Waals surface area contributed by atoms with E-state index in [-0.39, 0.29) is 17.7 Å². The number of nitrogens with one attached hydrogen (secondary N) is 1. The fourth-order valence-corrected chi connectivity index (χ4v) is 3.43. The van der Waals surface area contributed by atoms with Crippen LogP contribution in [0.15, 0.2) is 16.5 Å². The van der Waals surface area contributed by atoms with Gasteiger partial charge in [-0.15, -0.1) is 0 Å². The molecule has 1 aromatic heterocycles. The molecule has 1 saturated heterocycles. The topological polar surface area (TPSA) is 106 Å². The third-order valence-corrected chi connectivity index (χ3v) is 4.42. The van der Waals surface area contributed by atoms with E-state index < -0.39 is 10.0 Å². The van der Waals surface area contributed by atoms with E-state index in [9.17, 15) is 13.2 Å². The molecule has 2 heterocycles. The van der Waals surface area contributed by atoms with Crippen LogP contribution in [0.3, 0.4) is 0 Å². The Kier molecular flexibility index (Phi) is 4.89. The molecule has 0 bridgehead atoms. The minimum Gasteiger partial charge on any atom is -0.466 e. The maximum Gasteiger partial charge on any atom is 0.317 e. The number of rotatable bonds is 5. The Morgan fingerprint density at radius 3 is 2.90 bits per heavy atom. The molecular formula is C13H21N3O4S. The Hall–Kier alpha value is -1.54. The standard InChI is InChI=1S/C13H21N3O4S/c1-10-2-3-12(20-10)4-6-15-13(17)16-7-5-11(8-16)9-21(14,18)19/h2-3,11H,4-9H2,1H3,(H,15,17)(H2,14,18,19)/t11-/m0/s1. The molecule has 7 nitrogen and oxygen atoms in total. The molecule has 3 N–H and O–H groups in total. The highest BCUT2D eigenvalue weighted by Gasteiger charge is 2.28. The highest BCUT2D eigenvalue weighted by molar-refractivity contribution is 7.89. The molecule has 1 aliphatic heterocycles. The van der Waals surface area contributed by atoms with Crippen molar-refractivity contribution in [2.75, 3.05) is 25.4 Å². The van der Waals surface area contributed by atoms with Gasteiger partial charge in [0.2, 0.25) is 10.0 Å². The van der Waals surface area contributed by atoms with E-state index in [0.29, 0.717) is 32.5 Å². The molecule has 1 aromatic rings. The van der Waals surface area contributed by atoms with Crippen LogP contribution in [0.2, 0.25) is 0 Å². The zero-order valence-corrected chi connectivity index (χ0v) is 12.9. The van der Waals surface area contributed by atoms with Crippen molar-refractivity contribution in [2.45, 2.75) is 19.8 Å². The molecule has 0 aliphatic carbocycles. The maximum atomic E-state index is 12.0. The summed E-state index contributed by atoms with van der Waals surface area (Å²) in [5.74, 6) is 1.55. The van der Waals surface area contributed by atoms with Gasteiger partial charge in [0.05, 0.1) is 5.75 Å². The summed E-state index contributed by atoms with van der Waals surface area (Å²) in [6.45, 7) is 3.36. The van der Waals surface area contributed by atoms with Gasteiger partial charge in [0.25, 0.3) is 0 Å². The van der Waals surface area contributed by atoms with Crippen molar-refractivity contribution in [3.8, 4) is 0 Å². The molecule has 8 heteroatoms. The molecule has 1 fully saturated rings. The zero-order valence-electron chi connectivity index (χ0n) is 12.0. The number of amides is 2. The number of likely N-dealkylation sites (tertiary alicyclic amines) is 1. The van der Waals surface area contributed by atoms with Gasteiger partial charge in [-0.05, 0) is 31.4 Å². The Balaban J connectivity index is 1.72. The van der Waals surface area contributed by atoms with E-state index in [1.54, 1.807) is 4.90 Å². The van der Waals surface area contributed by atoms with Gasteiger partial charge in [0.1, 0.15) is 11.5 Å². The van der Waals surface area contributed by atoms with Crippen molar-refractivity contribution in [3.05, 3.63) is 23.7 Å². The second-order valence-electron chi connectivity index (χ2n) is 5.42. The van der Waals surface area contributed by atoms with Crippen LogP contribution in [-0.4, -0.2) is 44.7 Å².